The van der Waals surface area contributed by atoms with Crippen molar-refractivity contribution in [3.05, 3.63) is 103 Å². The summed E-state index contributed by atoms with van der Waals surface area (Å²) in [5.74, 6) is -1.69. The van der Waals surface area contributed by atoms with E-state index < -0.39 is 5.43 Å². The van der Waals surface area contributed by atoms with Crippen LogP contribution in [-0.2, 0) is 0 Å². The molecule has 222 valence electrons. The highest BCUT2D eigenvalue weighted by atomic mass is 16.4. The Hall–Kier alpha value is -5.26. The number of ketones is 4. The molecule has 0 aliphatic carbocycles. The number of rotatable bonds is 8. The Morgan fingerprint density at radius 1 is 0.595 bits per heavy atom. The third kappa shape index (κ3) is 11.5. The van der Waals surface area contributed by atoms with E-state index in [0.717, 1.165) is 12.1 Å². The number of aromatic amines is 1. The molecule has 0 aliphatic rings. The minimum Gasteiger partial charge on any atom is -0.450 e. The summed E-state index contributed by atoms with van der Waals surface area (Å²) < 4.78 is 4.88. The zero-order valence-corrected chi connectivity index (χ0v) is 24.2. The molecule has 2 aromatic heterocycles. The van der Waals surface area contributed by atoms with Crippen LogP contribution < -0.4 is 21.5 Å². The molecule has 0 saturated heterocycles. The van der Waals surface area contributed by atoms with Gasteiger partial charge in [0.2, 0.25) is 0 Å². The number of nitrogens with one attached hydrogen (secondary N) is 3. The molecular formula is C30H33N3O9. The van der Waals surface area contributed by atoms with Crippen molar-refractivity contribution >= 4 is 34.9 Å². The molecule has 3 aromatic rings. The Bertz CT molecular complexity index is 1390. The van der Waals surface area contributed by atoms with Crippen molar-refractivity contribution in [1.82, 2.24) is 15.6 Å². The van der Waals surface area contributed by atoms with Crippen molar-refractivity contribution in [2.75, 3.05) is 13.1 Å². The van der Waals surface area contributed by atoms with E-state index in [1.807, 2.05) is 13.8 Å². The number of pyridine rings is 1. The molecule has 42 heavy (non-hydrogen) atoms. The molecular weight excluding hydrogens is 546 g/mol. The highest BCUT2D eigenvalue weighted by Gasteiger charge is 2.09. The summed E-state index contributed by atoms with van der Waals surface area (Å²) in [7, 11) is 0. The van der Waals surface area contributed by atoms with E-state index in [0.29, 0.717) is 24.2 Å². The molecule has 0 unspecified atom stereocenters. The number of Topliss-reactive ketones (excluding diaryl/α,β-unsaturated/α-hetero) is 4. The highest BCUT2D eigenvalue weighted by molar-refractivity contribution is 5.98. The van der Waals surface area contributed by atoms with Crippen LogP contribution >= 0.6 is 0 Å². The van der Waals surface area contributed by atoms with E-state index in [2.05, 4.69) is 15.6 Å². The van der Waals surface area contributed by atoms with E-state index in [1.54, 1.807) is 24.3 Å². The predicted molar refractivity (Wildman–Crippen MR) is 155 cm³/mol. The average Bonchev–Trinajstić information content (AvgIpc) is 2.93. The number of benzene rings is 1. The molecule has 2 amide bonds. The van der Waals surface area contributed by atoms with Gasteiger partial charge in [-0.1, -0.05) is 0 Å². The molecule has 2 heterocycles. The van der Waals surface area contributed by atoms with Gasteiger partial charge in [-0.25, -0.2) is 0 Å². The maximum atomic E-state index is 11.4. The number of carbonyl (C=O) groups excluding carboxylic acids is 6. The van der Waals surface area contributed by atoms with Crippen LogP contribution in [0.4, 0.5) is 0 Å². The van der Waals surface area contributed by atoms with Gasteiger partial charge in [-0.3, -0.25) is 38.4 Å². The second-order valence-electron chi connectivity index (χ2n) is 8.69. The van der Waals surface area contributed by atoms with E-state index in [9.17, 15) is 38.4 Å². The Labute approximate surface area is 241 Å². The Morgan fingerprint density at radius 3 is 1.21 bits per heavy atom. The van der Waals surface area contributed by atoms with Gasteiger partial charge in [0.1, 0.15) is 0 Å². The Balaban J connectivity index is 0.000000318. The molecule has 0 atom stereocenters. The first kappa shape index (κ1) is 34.8. The fraction of sp³-hybridized carbons (Fsp3) is 0.267. The normalized spacial score (nSPS) is 9.67. The zero-order valence-electron chi connectivity index (χ0n) is 24.2. The molecule has 3 rings (SSSR count). The molecule has 12 heteroatoms. The van der Waals surface area contributed by atoms with Gasteiger partial charge in [0.15, 0.2) is 45.5 Å². The summed E-state index contributed by atoms with van der Waals surface area (Å²) in [6.07, 6.45) is 0. The number of amides is 2. The van der Waals surface area contributed by atoms with Crippen LogP contribution in [0.3, 0.4) is 0 Å². The number of carbonyl (C=O) groups is 6. The van der Waals surface area contributed by atoms with Gasteiger partial charge in [-0.2, -0.15) is 0 Å². The quantitative estimate of drug-likeness (QED) is 0.337. The third-order valence-electron chi connectivity index (χ3n) is 5.15. The van der Waals surface area contributed by atoms with Crippen LogP contribution in [-0.4, -0.2) is 53.0 Å². The minimum absolute atomic E-state index is 0.0855. The fourth-order valence-electron chi connectivity index (χ4n) is 3.05. The minimum atomic E-state index is -0.401. The second-order valence-corrected chi connectivity index (χ2v) is 8.69. The molecule has 12 nitrogen and oxygen atoms in total. The van der Waals surface area contributed by atoms with Crippen molar-refractivity contribution in [2.24, 2.45) is 0 Å². The van der Waals surface area contributed by atoms with Crippen molar-refractivity contribution in [3.63, 3.8) is 0 Å². The lowest BCUT2D eigenvalue weighted by atomic mass is 10.1. The molecule has 0 fully saturated rings. The van der Waals surface area contributed by atoms with E-state index in [4.69, 9.17) is 4.42 Å². The van der Waals surface area contributed by atoms with Crippen LogP contribution in [0.2, 0.25) is 0 Å². The van der Waals surface area contributed by atoms with Gasteiger partial charge >= 0.3 is 0 Å². The van der Waals surface area contributed by atoms with Gasteiger partial charge in [0, 0.05) is 76.2 Å². The van der Waals surface area contributed by atoms with Gasteiger partial charge in [-0.15, -0.1) is 0 Å². The third-order valence-corrected chi connectivity index (χ3v) is 5.15. The molecule has 1 aromatic carbocycles. The van der Waals surface area contributed by atoms with E-state index >= 15 is 0 Å². The lowest BCUT2D eigenvalue weighted by Crippen LogP contribution is -2.24. The summed E-state index contributed by atoms with van der Waals surface area (Å²) in [4.78, 5) is 90.9. The monoisotopic (exact) mass is 579 g/mol. The van der Waals surface area contributed by atoms with Crippen molar-refractivity contribution in [1.29, 1.82) is 0 Å². The van der Waals surface area contributed by atoms with Crippen LogP contribution in [0.25, 0.3) is 0 Å². The van der Waals surface area contributed by atoms with Crippen molar-refractivity contribution in [2.45, 2.75) is 41.5 Å². The summed E-state index contributed by atoms with van der Waals surface area (Å²) in [6.45, 7) is 10.1. The van der Waals surface area contributed by atoms with E-state index in [-0.39, 0.29) is 63.3 Å². The van der Waals surface area contributed by atoms with Crippen LogP contribution in [0.1, 0.15) is 104 Å². The molecule has 0 radical (unpaired) electrons. The molecule has 0 spiro atoms. The molecule has 3 N–H and O–H groups in total. The van der Waals surface area contributed by atoms with Crippen molar-refractivity contribution < 1.29 is 33.2 Å². The summed E-state index contributed by atoms with van der Waals surface area (Å²) in [5, 5.41) is 5.39. The molecule has 0 saturated carbocycles. The summed E-state index contributed by atoms with van der Waals surface area (Å²) in [6, 6.07) is 11.1. The topological polar surface area (TPSA) is 190 Å². The van der Waals surface area contributed by atoms with Crippen LogP contribution in [0, 0.1) is 0 Å². The lowest BCUT2D eigenvalue weighted by molar-refractivity contribution is 0.0944. The van der Waals surface area contributed by atoms with Gasteiger partial charge < -0.3 is 20.0 Å². The Kier molecular flexibility index (Phi) is 13.9. The van der Waals surface area contributed by atoms with E-state index in [1.165, 1.54) is 39.8 Å². The first-order valence-electron chi connectivity index (χ1n) is 12.8. The van der Waals surface area contributed by atoms with Crippen molar-refractivity contribution in [3.8, 4) is 0 Å². The Morgan fingerprint density at radius 2 is 0.929 bits per heavy atom. The van der Waals surface area contributed by atoms with Crippen LogP contribution in [0.15, 0.2) is 62.5 Å². The highest BCUT2D eigenvalue weighted by Crippen LogP contribution is 2.05. The van der Waals surface area contributed by atoms with Crippen LogP contribution in [0.5, 0.6) is 0 Å². The molecule has 0 bridgehead atoms. The average molecular weight is 580 g/mol. The number of H-pyrrole nitrogens is 1. The second kappa shape index (κ2) is 16.8. The standard InChI is InChI=1S/C12H16N2O2.C9H9NO3.C9H8O4/c1-3-13-11(15)9-5-7-10(8-6-9)12(16)14-4-2;1-5(11)8-3-7(13)4-9(10-8)6(2)12;1-5(10)8-3-7(12)4-9(13-8)6(2)11/h5-8H,3-4H2,1-2H3,(H,13,15)(H,14,16);3-4H,1-2H3,(H,10,13);3-4H,1-2H3. The predicted octanol–water partition coefficient (Wildman–Crippen LogP) is 3.01. The van der Waals surface area contributed by atoms with Gasteiger partial charge in [-0.05, 0) is 38.1 Å². The number of hydrogen-bond acceptors (Lipinski definition) is 9. The first-order chi connectivity index (χ1) is 19.7. The SMILES string of the molecule is CC(=O)c1cc(=O)cc(C(C)=O)[nH]1.CC(=O)c1cc(=O)cc(C(C)=O)o1.CCNC(=O)c1ccc(C(=O)NCC)cc1. The maximum absolute atomic E-state index is 11.4. The maximum Gasteiger partial charge on any atom is 0.251 e. The van der Waals surface area contributed by atoms with Gasteiger partial charge in [0.05, 0.1) is 11.4 Å². The zero-order chi connectivity index (χ0) is 32.0. The largest absolute Gasteiger partial charge is 0.450 e. The molecule has 0 aliphatic heterocycles. The summed E-state index contributed by atoms with van der Waals surface area (Å²) >= 11 is 0. The first-order valence-corrected chi connectivity index (χ1v) is 12.8. The van der Waals surface area contributed by atoms with Gasteiger partial charge in [0.25, 0.3) is 11.8 Å². The fourth-order valence-corrected chi connectivity index (χ4v) is 3.05. The smallest absolute Gasteiger partial charge is 0.251 e. The number of hydrogen-bond donors (Lipinski definition) is 3. The number of aromatic nitrogens is 1. The lowest BCUT2D eigenvalue weighted by Gasteiger charge is -2.04. The summed E-state index contributed by atoms with van der Waals surface area (Å²) in [5.41, 5.74) is 0.719.